The lowest BCUT2D eigenvalue weighted by atomic mass is 10.1. The van der Waals surface area contributed by atoms with Crippen LogP contribution in [0.4, 0.5) is 5.69 Å². The third-order valence-corrected chi connectivity index (χ3v) is 3.27. The van der Waals surface area contributed by atoms with Crippen LogP contribution in [0.25, 0.3) is 21.7 Å². The van der Waals surface area contributed by atoms with Gasteiger partial charge in [-0.2, -0.15) is 0 Å². The molecule has 0 aliphatic heterocycles. The van der Waals surface area contributed by atoms with Gasteiger partial charge in [-0.15, -0.1) is 0 Å². The molecule has 0 spiro atoms. The van der Waals surface area contributed by atoms with Crippen molar-refractivity contribution in [3.63, 3.8) is 0 Å². The van der Waals surface area contributed by atoms with Crippen molar-refractivity contribution < 1.29 is 4.79 Å². The summed E-state index contributed by atoms with van der Waals surface area (Å²) in [6.45, 7) is 1.84. The van der Waals surface area contributed by atoms with Crippen molar-refractivity contribution in [2.75, 3.05) is 33.0 Å². The smallest absolute Gasteiger partial charge is 0.256 e. The van der Waals surface area contributed by atoms with E-state index in [0.717, 1.165) is 22.0 Å². The summed E-state index contributed by atoms with van der Waals surface area (Å²) in [7, 11) is 6.00. The molecule has 5 nitrogen and oxygen atoms in total. The molecule has 126 valence electrons. The lowest BCUT2D eigenvalue weighted by Crippen LogP contribution is -2.10. The summed E-state index contributed by atoms with van der Waals surface area (Å²) >= 11 is 0. The number of aromatic amines is 1. The molecule has 3 rings (SSSR count). The molecule has 0 bridgehead atoms. The molecule has 2 N–H and O–H groups in total. The van der Waals surface area contributed by atoms with Crippen molar-refractivity contribution >= 4 is 33.1 Å². The molecule has 0 aliphatic rings. The third-order valence-electron chi connectivity index (χ3n) is 3.27. The summed E-state index contributed by atoms with van der Waals surface area (Å²) in [6, 6.07) is 13.2. The molecule has 2 aromatic carbocycles. The van der Waals surface area contributed by atoms with Crippen LogP contribution in [0.15, 0.2) is 47.3 Å². The monoisotopic (exact) mass is 325 g/mol. The Kier molecular flexibility index (Phi) is 5.71. The predicted octanol–water partition coefficient (Wildman–Crippen LogP) is 2.86. The summed E-state index contributed by atoms with van der Waals surface area (Å²) in [5, 5.41) is 5.63. The maximum atomic E-state index is 12.0. The van der Waals surface area contributed by atoms with E-state index in [9.17, 15) is 9.59 Å². The van der Waals surface area contributed by atoms with Gasteiger partial charge in [-0.1, -0.05) is 18.2 Å². The standard InChI is InChI=1S/C16H14N2O2.C3H9N/c1-10(19)9-17-11-6-7-15-14(8-11)12-4-2-3-5-13(12)16(20)18-15;1-4(2)3/h2-8,17H,9H2,1H3,(H,18,20);1-3H3. The maximum Gasteiger partial charge on any atom is 0.256 e. The number of nitrogens with zero attached hydrogens (tertiary/aromatic N) is 1. The van der Waals surface area contributed by atoms with Crippen LogP contribution in [-0.2, 0) is 4.79 Å². The zero-order valence-electron chi connectivity index (χ0n) is 14.5. The summed E-state index contributed by atoms with van der Waals surface area (Å²) in [5.41, 5.74) is 1.57. The van der Waals surface area contributed by atoms with Crippen LogP contribution in [-0.4, -0.2) is 43.4 Å². The fraction of sp³-hybridized carbons (Fsp3) is 0.263. The molecular weight excluding hydrogens is 302 g/mol. The summed E-state index contributed by atoms with van der Waals surface area (Å²) in [4.78, 5) is 27.9. The van der Waals surface area contributed by atoms with E-state index < -0.39 is 0 Å². The number of Topliss-reactive ketones (excluding diaryl/α,β-unsaturated/α-hetero) is 1. The van der Waals surface area contributed by atoms with Crippen molar-refractivity contribution in [1.29, 1.82) is 0 Å². The molecule has 0 radical (unpaired) electrons. The van der Waals surface area contributed by atoms with Crippen LogP contribution in [0.3, 0.4) is 0 Å². The average Bonchev–Trinajstić information content (AvgIpc) is 2.53. The van der Waals surface area contributed by atoms with E-state index in [1.807, 2.05) is 68.5 Å². The zero-order chi connectivity index (χ0) is 17.7. The first kappa shape index (κ1) is 17.7. The second kappa shape index (κ2) is 7.75. The number of ketones is 1. The second-order valence-corrected chi connectivity index (χ2v) is 6.16. The number of benzene rings is 2. The lowest BCUT2D eigenvalue weighted by Gasteiger charge is -2.08. The van der Waals surface area contributed by atoms with Gasteiger partial charge in [0.1, 0.15) is 5.78 Å². The van der Waals surface area contributed by atoms with Gasteiger partial charge < -0.3 is 15.2 Å². The first-order valence-corrected chi connectivity index (χ1v) is 7.77. The van der Waals surface area contributed by atoms with Crippen LogP contribution in [0, 0.1) is 0 Å². The Morgan fingerprint density at radius 3 is 2.29 bits per heavy atom. The van der Waals surface area contributed by atoms with Gasteiger partial charge in [-0.3, -0.25) is 9.59 Å². The average molecular weight is 325 g/mol. The molecule has 3 aromatic rings. The van der Waals surface area contributed by atoms with E-state index in [1.165, 1.54) is 0 Å². The Hall–Kier alpha value is -2.66. The van der Waals surface area contributed by atoms with Gasteiger partial charge in [0.15, 0.2) is 0 Å². The maximum absolute atomic E-state index is 12.0. The number of fused-ring (bicyclic) bond motifs is 3. The normalized spacial score (nSPS) is 10.5. The predicted molar refractivity (Wildman–Crippen MR) is 101 cm³/mol. The molecule has 0 atom stereocenters. The molecule has 0 fully saturated rings. The highest BCUT2D eigenvalue weighted by Gasteiger charge is 2.05. The van der Waals surface area contributed by atoms with Crippen LogP contribution >= 0.6 is 0 Å². The molecular formula is C19H23N3O2. The summed E-state index contributed by atoms with van der Waals surface area (Å²) < 4.78 is 0. The van der Waals surface area contributed by atoms with Gasteiger partial charge >= 0.3 is 0 Å². The van der Waals surface area contributed by atoms with Gasteiger partial charge in [-0.05, 0) is 57.7 Å². The van der Waals surface area contributed by atoms with Gasteiger partial charge in [-0.25, -0.2) is 0 Å². The SMILES string of the molecule is CC(=O)CNc1ccc2[nH]c(=O)c3ccccc3c2c1.CN(C)C. The Balaban J connectivity index is 0.000000471. The summed E-state index contributed by atoms with van der Waals surface area (Å²) in [6.07, 6.45) is 0. The fourth-order valence-corrected chi connectivity index (χ4v) is 2.32. The van der Waals surface area contributed by atoms with E-state index in [0.29, 0.717) is 11.9 Å². The summed E-state index contributed by atoms with van der Waals surface area (Å²) in [5.74, 6) is 0.0800. The first-order valence-electron chi connectivity index (χ1n) is 7.77. The van der Waals surface area contributed by atoms with Crippen LogP contribution in [0.2, 0.25) is 0 Å². The van der Waals surface area contributed by atoms with E-state index >= 15 is 0 Å². The quantitative estimate of drug-likeness (QED) is 0.727. The Morgan fingerprint density at radius 2 is 1.67 bits per heavy atom. The highest BCUT2D eigenvalue weighted by Crippen LogP contribution is 2.24. The molecule has 1 aromatic heterocycles. The van der Waals surface area contributed by atoms with Crippen LogP contribution in [0.5, 0.6) is 0 Å². The van der Waals surface area contributed by atoms with Gasteiger partial charge in [0.2, 0.25) is 0 Å². The highest BCUT2D eigenvalue weighted by molar-refractivity contribution is 6.06. The van der Waals surface area contributed by atoms with Crippen molar-refractivity contribution in [2.24, 2.45) is 0 Å². The molecule has 1 heterocycles. The Morgan fingerprint density at radius 1 is 1.04 bits per heavy atom. The molecule has 0 aliphatic carbocycles. The Labute approximate surface area is 141 Å². The number of nitrogens with one attached hydrogen (secondary N) is 2. The van der Waals surface area contributed by atoms with Crippen molar-refractivity contribution in [3.8, 4) is 0 Å². The molecule has 5 heteroatoms. The van der Waals surface area contributed by atoms with Crippen molar-refractivity contribution in [3.05, 3.63) is 52.8 Å². The fourth-order valence-electron chi connectivity index (χ4n) is 2.32. The minimum atomic E-state index is -0.0856. The number of hydrogen-bond donors (Lipinski definition) is 2. The van der Waals surface area contributed by atoms with Crippen LogP contribution in [0.1, 0.15) is 6.92 Å². The van der Waals surface area contributed by atoms with E-state index in [1.54, 1.807) is 6.92 Å². The number of hydrogen-bond acceptors (Lipinski definition) is 4. The number of anilines is 1. The van der Waals surface area contributed by atoms with E-state index in [4.69, 9.17) is 0 Å². The second-order valence-electron chi connectivity index (χ2n) is 6.16. The van der Waals surface area contributed by atoms with E-state index in [2.05, 4.69) is 10.3 Å². The number of H-pyrrole nitrogens is 1. The lowest BCUT2D eigenvalue weighted by molar-refractivity contribution is -0.115. The topological polar surface area (TPSA) is 65.2 Å². The largest absolute Gasteiger partial charge is 0.378 e. The molecule has 0 saturated carbocycles. The third kappa shape index (κ3) is 4.43. The van der Waals surface area contributed by atoms with E-state index in [-0.39, 0.29) is 11.3 Å². The van der Waals surface area contributed by atoms with Gasteiger partial charge in [0.05, 0.1) is 6.54 Å². The van der Waals surface area contributed by atoms with Gasteiger partial charge in [0, 0.05) is 22.0 Å². The van der Waals surface area contributed by atoms with Gasteiger partial charge in [0.25, 0.3) is 5.56 Å². The van der Waals surface area contributed by atoms with Crippen molar-refractivity contribution in [2.45, 2.75) is 6.92 Å². The number of aromatic nitrogens is 1. The number of carbonyl (C=O) groups is 1. The van der Waals surface area contributed by atoms with Crippen molar-refractivity contribution in [1.82, 2.24) is 9.88 Å². The molecule has 24 heavy (non-hydrogen) atoms. The molecule has 0 unspecified atom stereocenters. The number of rotatable bonds is 3. The highest BCUT2D eigenvalue weighted by atomic mass is 16.1. The molecule has 0 amide bonds. The number of carbonyl (C=O) groups excluding carboxylic acids is 1. The zero-order valence-corrected chi connectivity index (χ0v) is 14.5. The first-order chi connectivity index (χ1) is 11.4. The Bertz CT molecular complexity index is 911. The van der Waals surface area contributed by atoms with Crippen LogP contribution < -0.4 is 10.9 Å². The molecule has 0 saturated heterocycles. The minimum Gasteiger partial charge on any atom is -0.378 e. The number of pyridine rings is 1. The minimum absolute atomic E-state index is 0.0800.